The highest BCUT2D eigenvalue weighted by Crippen LogP contribution is 2.24. The minimum Gasteiger partial charge on any atom is -0.497 e. The highest BCUT2D eigenvalue weighted by Gasteiger charge is 2.19. The Morgan fingerprint density at radius 2 is 1.67 bits per heavy atom. The summed E-state index contributed by atoms with van der Waals surface area (Å²) >= 11 is 0. The van der Waals surface area contributed by atoms with Crippen molar-refractivity contribution >= 4 is 11.0 Å². The van der Waals surface area contributed by atoms with Gasteiger partial charge in [0.2, 0.25) is 0 Å². The number of nitrogens with zero attached hydrogens (tertiary/aromatic N) is 2. The van der Waals surface area contributed by atoms with Crippen molar-refractivity contribution in [1.29, 1.82) is 0 Å². The van der Waals surface area contributed by atoms with E-state index in [1.54, 1.807) is 25.3 Å². The molecule has 7 heteroatoms. The van der Waals surface area contributed by atoms with E-state index in [1.165, 1.54) is 13.2 Å². The van der Waals surface area contributed by atoms with Gasteiger partial charge in [0.15, 0.2) is 11.6 Å². The Hall–Kier alpha value is -2.90. The van der Waals surface area contributed by atoms with E-state index >= 15 is 0 Å². The number of piperazine rings is 1. The summed E-state index contributed by atoms with van der Waals surface area (Å²) < 4.78 is 29.5. The van der Waals surface area contributed by atoms with Crippen LogP contribution in [0.3, 0.4) is 0 Å². The average molecular weight is 412 g/mol. The van der Waals surface area contributed by atoms with E-state index in [1.807, 2.05) is 18.2 Å². The third-order valence-electron chi connectivity index (χ3n) is 5.52. The van der Waals surface area contributed by atoms with Crippen molar-refractivity contribution in [3.8, 4) is 11.5 Å². The molecule has 0 aliphatic carbocycles. The van der Waals surface area contributed by atoms with E-state index < -0.39 is 0 Å². The molecule has 6 nitrogen and oxygen atoms in total. The van der Waals surface area contributed by atoms with E-state index in [9.17, 15) is 9.18 Å². The molecule has 1 fully saturated rings. The lowest BCUT2D eigenvalue weighted by Crippen LogP contribution is -2.45. The molecule has 4 rings (SSSR count). The standard InChI is InChI=1S/C23H25FN2O4/c1-28-18-4-5-19-17(12-23(27)30-22(19)13-18)15-26-9-7-25(8-10-26)14-16-3-6-21(29-2)20(24)11-16/h3-6,11-13H,7-10,14-15H2,1-2H3. The lowest BCUT2D eigenvalue weighted by atomic mass is 10.1. The van der Waals surface area contributed by atoms with Gasteiger partial charge in [-0.2, -0.15) is 0 Å². The highest BCUT2D eigenvalue weighted by molar-refractivity contribution is 5.81. The molecule has 1 aliphatic rings. The topological polar surface area (TPSA) is 55.2 Å². The number of fused-ring (bicyclic) bond motifs is 1. The van der Waals surface area contributed by atoms with Gasteiger partial charge in [0.05, 0.1) is 14.2 Å². The third kappa shape index (κ3) is 4.47. The van der Waals surface area contributed by atoms with Gasteiger partial charge in [0, 0.05) is 56.8 Å². The molecule has 3 aromatic rings. The van der Waals surface area contributed by atoms with Crippen molar-refractivity contribution in [2.24, 2.45) is 0 Å². The smallest absolute Gasteiger partial charge is 0.336 e. The second kappa shape index (κ2) is 8.85. The van der Waals surface area contributed by atoms with Crippen molar-refractivity contribution in [3.63, 3.8) is 0 Å². The van der Waals surface area contributed by atoms with Crippen molar-refractivity contribution in [3.05, 3.63) is 69.8 Å². The molecule has 2 heterocycles. The molecular weight excluding hydrogens is 387 g/mol. The Morgan fingerprint density at radius 1 is 0.933 bits per heavy atom. The van der Waals surface area contributed by atoms with Gasteiger partial charge in [-0.05, 0) is 35.4 Å². The molecule has 158 valence electrons. The first-order chi connectivity index (χ1) is 14.6. The van der Waals surface area contributed by atoms with Crippen LogP contribution in [-0.2, 0) is 13.1 Å². The minimum absolute atomic E-state index is 0.265. The first kappa shape index (κ1) is 20.4. The maximum absolute atomic E-state index is 13.9. The van der Waals surface area contributed by atoms with Gasteiger partial charge in [-0.25, -0.2) is 9.18 Å². The summed E-state index contributed by atoms with van der Waals surface area (Å²) in [4.78, 5) is 16.6. The number of ether oxygens (including phenoxy) is 2. The summed E-state index contributed by atoms with van der Waals surface area (Å²) in [5.74, 6) is 0.590. The van der Waals surface area contributed by atoms with E-state index in [2.05, 4.69) is 9.80 Å². The van der Waals surface area contributed by atoms with Crippen LogP contribution in [0.4, 0.5) is 4.39 Å². The van der Waals surface area contributed by atoms with Crippen LogP contribution in [-0.4, -0.2) is 50.2 Å². The lowest BCUT2D eigenvalue weighted by molar-refractivity contribution is 0.122. The molecule has 0 unspecified atom stereocenters. The summed E-state index contributed by atoms with van der Waals surface area (Å²) in [6.07, 6.45) is 0. The van der Waals surface area contributed by atoms with Crippen molar-refractivity contribution in [2.45, 2.75) is 13.1 Å². The summed E-state index contributed by atoms with van der Waals surface area (Å²) in [7, 11) is 3.05. The summed E-state index contributed by atoms with van der Waals surface area (Å²) in [6.45, 7) is 4.88. The van der Waals surface area contributed by atoms with Crippen molar-refractivity contribution < 1.29 is 18.3 Å². The highest BCUT2D eigenvalue weighted by atomic mass is 19.1. The lowest BCUT2D eigenvalue weighted by Gasteiger charge is -2.34. The molecule has 0 saturated carbocycles. The molecule has 1 aromatic heterocycles. The Morgan fingerprint density at radius 3 is 2.33 bits per heavy atom. The van der Waals surface area contributed by atoms with Gasteiger partial charge in [-0.15, -0.1) is 0 Å². The van der Waals surface area contributed by atoms with Crippen molar-refractivity contribution in [2.75, 3.05) is 40.4 Å². The van der Waals surface area contributed by atoms with Gasteiger partial charge in [-0.1, -0.05) is 6.07 Å². The Bertz CT molecular complexity index is 1090. The van der Waals surface area contributed by atoms with Crippen LogP contribution in [0.5, 0.6) is 11.5 Å². The van der Waals surface area contributed by atoms with Crippen LogP contribution in [0.25, 0.3) is 11.0 Å². The molecule has 2 aromatic carbocycles. The molecule has 0 bridgehead atoms. The molecule has 1 saturated heterocycles. The summed E-state index contributed by atoms with van der Waals surface area (Å²) in [6, 6.07) is 12.2. The second-order valence-electron chi connectivity index (χ2n) is 7.47. The molecule has 1 aliphatic heterocycles. The number of benzene rings is 2. The van der Waals surface area contributed by atoms with E-state index in [0.29, 0.717) is 24.4 Å². The molecule has 0 N–H and O–H groups in total. The Balaban J connectivity index is 1.40. The number of rotatable bonds is 6. The zero-order chi connectivity index (χ0) is 21.1. The monoisotopic (exact) mass is 412 g/mol. The molecule has 0 atom stereocenters. The fourth-order valence-corrected chi connectivity index (χ4v) is 3.88. The summed E-state index contributed by atoms with van der Waals surface area (Å²) in [5, 5.41) is 0.923. The Kier molecular flexibility index (Phi) is 6.01. The van der Waals surface area contributed by atoms with Crippen LogP contribution in [0.15, 0.2) is 51.7 Å². The van der Waals surface area contributed by atoms with Gasteiger partial charge in [0.1, 0.15) is 11.3 Å². The predicted octanol–water partition coefficient (Wildman–Crippen LogP) is 3.27. The number of methoxy groups -OCH3 is 2. The number of hydrogen-bond acceptors (Lipinski definition) is 6. The van der Waals surface area contributed by atoms with Gasteiger partial charge < -0.3 is 13.9 Å². The average Bonchev–Trinajstić information content (AvgIpc) is 2.74. The van der Waals surface area contributed by atoms with Crippen LogP contribution in [0.1, 0.15) is 11.1 Å². The first-order valence-corrected chi connectivity index (χ1v) is 9.93. The quantitative estimate of drug-likeness (QED) is 0.580. The van der Waals surface area contributed by atoms with Crippen LogP contribution in [0, 0.1) is 5.82 Å². The molecule has 0 amide bonds. The Labute approximate surface area is 174 Å². The van der Waals surface area contributed by atoms with E-state index in [-0.39, 0.29) is 17.2 Å². The van der Waals surface area contributed by atoms with Crippen LogP contribution >= 0.6 is 0 Å². The van der Waals surface area contributed by atoms with E-state index in [4.69, 9.17) is 13.9 Å². The minimum atomic E-state index is -0.356. The molecule has 30 heavy (non-hydrogen) atoms. The first-order valence-electron chi connectivity index (χ1n) is 9.93. The fourth-order valence-electron chi connectivity index (χ4n) is 3.88. The van der Waals surface area contributed by atoms with Crippen LogP contribution in [0.2, 0.25) is 0 Å². The van der Waals surface area contributed by atoms with Gasteiger partial charge in [-0.3, -0.25) is 9.80 Å². The summed E-state index contributed by atoms with van der Waals surface area (Å²) in [5.41, 5.74) is 2.07. The van der Waals surface area contributed by atoms with E-state index in [0.717, 1.165) is 42.7 Å². The predicted molar refractivity (Wildman–Crippen MR) is 113 cm³/mol. The zero-order valence-corrected chi connectivity index (χ0v) is 17.2. The largest absolute Gasteiger partial charge is 0.497 e. The van der Waals surface area contributed by atoms with Gasteiger partial charge in [0.25, 0.3) is 0 Å². The molecular formula is C23H25FN2O4. The van der Waals surface area contributed by atoms with Crippen LogP contribution < -0.4 is 15.1 Å². The third-order valence-corrected chi connectivity index (χ3v) is 5.52. The van der Waals surface area contributed by atoms with Gasteiger partial charge >= 0.3 is 5.63 Å². The fraction of sp³-hybridized carbons (Fsp3) is 0.348. The zero-order valence-electron chi connectivity index (χ0n) is 17.2. The molecule has 0 radical (unpaired) electrons. The maximum atomic E-state index is 13.9. The van der Waals surface area contributed by atoms with Crippen molar-refractivity contribution in [1.82, 2.24) is 9.80 Å². The normalized spacial score (nSPS) is 15.4. The second-order valence-corrected chi connectivity index (χ2v) is 7.47. The number of hydrogen-bond donors (Lipinski definition) is 0. The molecule has 0 spiro atoms. The number of halogens is 1. The maximum Gasteiger partial charge on any atom is 0.336 e. The SMILES string of the molecule is COc1ccc2c(CN3CCN(Cc4ccc(OC)c(F)c4)CC3)cc(=O)oc2c1.